The molecule has 4 rings (SSSR count). The van der Waals surface area contributed by atoms with E-state index in [1.807, 2.05) is 60.7 Å². The van der Waals surface area contributed by atoms with Crippen molar-refractivity contribution < 1.29 is 0 Å². The van der Waals surface area contributed by atoms with Gasteiger partial charge in [0.05, 0.1) is 5.71 Å². The first-order chi connectivity index (χ1) is 11.8. The summed E-state index contributed by atoms with van der Waals surface area (Å²) in [7, 11) is 0. The molecule has 0 spiro atoms. The van der Waals surface area contributed by atoms with Gasteiger partial charge in [0, 0.05) is 10.6 Å². The van der Waals surface area contributed by atoms with Crippen molar-refractivity contribution in [2.45, 2.75) is 5.54 Å². The Morgan fingerprint density at radius 3 is 2.04 bits per heavy atom. The van der Waals surface area contributed by atoms with Gasteiger partial charge in [0.1, 0.15) is 6.34 Å². The third-order valence-corrected chi connectivity index (χ3v) is 4.61. The molecule has 116 valence electrons. The second kappa shape index (κ2) is 6.06. The lowest BCUT2D eigenvalue weighted by molar-refractivity contribution is 0.750. The van der Waals surface area contributed by atoms with E-state index >= 15 is 0 Å². The van der Waals surface area contributed by atoms with E-state index < -0.39 is 5.54 Å². The van der Waals surface area contributed by atoms with Crippen LogP contribution in [0.4, 0.5) is 0 Å². The SMILES string of the molecule is Clc1ccccc1C1(c2ccccc2)N=CN=C1c1ccccc1. The highest BCUT2D eigenvalue weighted by Crippen LogP contribution is 2.42. The first-order valence-electron chi connectivity index (χ1n) is 7.80. The average Bonchev–Trinajstić information content (AvgIpc) is 3.09. The van der Waals surface area contributed by atoms with Gasteiger partial charge >= 0.3 is 0 Å². The Morgan fingerprint density at radius 1 is 0.708 bits per heavy atom. The maximum absolute atomic E-state index is 6.57. The minimum Gasteiger partial charge on any atom is -0.251 e. The molecule has 24 heavy (non-hydrogen) atoms. The lowest BCUT2D eigenvalue weighted by Crippen LogP contribution is -2.34. The van der Waals surface area contributed by atoms with E-state index in [1.165, 1.54) is 0 Å². The Labute approximate surface area is 146 Å². The van der Waals surface area contributed by atoms with Crippen LogP contribution in [0.25, 0.3) is 0 Å². The summed E-state index contributed by atoms with van der Waals surface area (Å²) >= 11 is 6.57. The minimum atomic E-state index is -0.721. The molecule has 3 heteroatoms. The van der Waals surface area contributed by atoms with Gasteiger partial charge in [0.25, 0.3) is 0 Å². The number of halogens is 1. The summed E-state index contributed by atoms with van der Waals surface area (Å²) in [4.78, 5) is 9.43. The quantitative estimate of drug-likeness (QED) is 0.637. The molecule has 3 aromatic carbocycles. The summed E-state index contributed by atoms with van der Waals surface area (Å²) in [5.41, 5.74) is 3.20. The summed E-state index contributed by atoms with van der Waals surface area (Å²) in [6, 6.07) is 28.2. The molecule has 2 nitrogen and oxygen atoms in total. The monoisotopic (exact) mass is 330 g/mol. The molecule has 1 unspecified atom stereocenters. The third kappa shape index (κ3) is 2.27. The number of nitrogens with zero attached hydrogens (tertiary/aromatic N) is 2. The van der Waals surface area contributed by atoms with Gasteiger partial charge < -0.3 is 0 Å². The number of benzene rings is 3. The number of hydrogen-bond acceptors (Lipinski definition) is 2. The second-order valence-electron chi connectivity index (χ2n) is 5.64. The van der Waals surface area contributed by atoms with E-state index in [0.29, 0.717) is 5.02 Å². The Balaban J connectivity index is 2.01. The summed E-state index contributed by atoms with van der Waals surface area (Å²) in [5.74, 6) is 0. The summed E-state index contributed by atoms with van der Waals surface area (Å²) < 4.78 is 0. The van der Waals surface area contributed by atoms with Gasteiger partial charge in [-0.05, 0) is 17.2 Å². The van der Waals surface area contributed by atoms with Crippen molar-refractivity contribution in [1.29, 1.82) is 0 Å². The fourth-order valence-electron chi connectivity index (χ4n) is 3.21. The highest BCUT2D eigenvalue weighted by atomic mass is 35.5. The number of hydrogen-bond donors (Lipinski definition) is 0. The zero-order valence-electron chi connectivity index (χ0n) is 12.9. The zero-order chi connectivity index (χ0) is 16.4. The van der Waals surface area contributed by atoms with E-state index in [4.69, 9.17) is 16.6 Å². The molecule has 1 aliphatic heterocycles. The predicted octanol–water partition coefficient (Wildman–Crippen LogP) is 5.11. The van der Waals surface area contributed by atoms with Crippen molar-refractivity contribution >= 4 is 23.7 Å². The zero-order valence-corrected chi connectivity index (χ0v) is 13.7. The van der Waals surface area contributed by atoms with Crippen LogP contribution in [-0.2, 0) is 5.54 Å². The van der Waals surface area contributed by atoms with E-state index in [2.05, 4.69) is 29.3 Å². The van der Waals surface area contributed by atoms with Crippen LogP contribution >= 0.6 is 11.6 Å². The van der Waals surface area contributed by atoms with Gasteiger partial charge in [-0.15, -0.1) is 0 Å². The van der Waals surface area contributed by atoms with Crippen LogP contribution in [-0.4, -0.2) is 12.1 Å². The minimum absolute atomic E-state index is 0.684. The first-order valence-corrected chi connectivity index (χ1v) is 8.18. The Bertz CT molecular complexity index is 917. The van der Waals surface area contributed by atoms with Crippen molar-refractivity contribution in [2.24, 2.45) is 9.98 Å². The molecule has 3 aromatic rings. The maximum atomic E-state index is 6.57. The van der Waals surface area contributed by atoms with E-state index in [9.17, 15) is 0 Å². The predicted molar refractivity (Wildman–Crippen MR) is 100 cm³/mol. The molecule has 1 aliphatic rings. The summed E-state index contributed by atoms with van der Waals surface area (Å²) in [6.45, 7) is 0. The standard InChI is InChI=1S/C21H15ClN2/c22-19-14-8-7-13-18(19)21(17-11-5-2-6-12-17)20(23-15-24-21)16-9-3-1-4-10-16/h1-15H. The van der Waals surface area contributed by atoms with Gasteiger partial charge in [0.15, 0.2) is 5.54 Å². The van der Waals surface area contributed by atoms with Crippen molar-refractivity contribution in [1.82, 2.24) is 0 Å². The van der Waals surface area contributed by atoms with Crippen LogP contribution < -0.4 is 0 Å². The first kappa shape index (κ1) is 14.9. The molecular weight excluding hydrogens is 316 g/mol. The fraction of sp³-hybridized carbons (Fsp3) is 0.0476. The van der Waals surface area contributed by atoms with Gasteiger partial charge in [-0.3, -0.25) is 4.99 Å². The molecule has 1 heterocycles. The van der Waals surface area contributed by atoms with Crippen LogP contribution in [0, 0.1) is 0 Å². The molecule has 0 radical (unpaired) electrons. The molecule has 0 aromatic heterocycles. The molecular formula is C21H15ClN2. The van der Waals surface area contributed by atoms with E-state index in [1.54, 1.807) is 6.34 Å². The fourth-order valence-corrected chi connectivity index (χ4v) is 3.48. The molecule has 0 fully saturated rings. The average molecular weight is 331 g/mol. The normalized spacial score (nSPS) is 19.3. The molecule has 0 bridgehead atoms. The molecule has 1 atom stereocenters. The topological polar surface area (TPSA) is 24.7 Å². The van der Waals surface area contributed by atoms with Gasteiger partial charge in [0.2, 0.25) is 0 Å². The largest absolute Gasteiger partial charge is 0.251 e. The lowest BCUT2D eigenvalue weighted by atomic mass is 9.77. The van der Waals surface area contributed by atoms with E-state index in [0.717, 1.165) is 22.4 Å². The molecule has 0 N–H and O–H groups in total. The molecule has 0 aliphatic carbocycles. The van der Waals surface area contributed by atoms with Crippen molar-refractivity contribution in [3.63, 3.8) is 0 Å². The number of rotatable bonds is 3. The van der Waals surface area contributed by atoms with Gasteiger partial charge in [-0.2, -0.15) is 0 Å². The van der Waals surface area contributed by atoms with E-state index in [-0.39, 0.29) is 0 Å². The van der Waals surface area contributed by atoms with Crippen molar-refractivity contribution in [3.05, 3.63) is 107 Å². The molecule has 0 amide bonds. The van der Waals surface area contributed by atoms with Crippen LogP contribution in [0.15, 0.2) is 94.9 Å². The van der Waals surface area contributed by atoms with Crippen LogP contribution in [0.2, 0.25) is 5.02 Å². The Kier molecular flexibility index (Phi) is 3.75. The van der Waals surface area contributed by atoms with Crippen molar-refractivity contribution in [2.75, 3.05) is 0 Å². The van der Waals surface area contributed by atoms with Crippen molar-refractivity contribution in [3.8, 4) is 0 Å². The Hall–Kier alpha value is -2.71. The smallest absolute Gasteiger partial charge is 0.156 e. The van der Waals surface area contributed by atoms with Crippen LogP contribution in [0.1, 0.15) is 16.7 Å². The molecule has 0 saturated carbocycles. The third-order valence-electron chi connectivity index (χ3n) is 4.28. The number of aliphatic imine (C=N–C) groups is 2. The Morgan fingerprint density at radius 2 is 1.33 bits per heavy atom. The highest BCUT2D eigenvalue weighted by Gasteiger charge is 2.43. The lowest BCUT2D eigenvalue weighted by Gasteiger charge is -2.30. The highest BCUT2D eigenvalue weighted by molar-refractivity contribution is 6.32. The van der Waals surface area contributed by atoms with Gasteiger partial charge in [-0.1, -0.05) is 90.5 Å². The summed E-state index contributed by atoms with van der Waals surface area (Å²) in [6.07, 6.45) is 1.64. The maximum Gasteiger partial charge on any atom is 0.156 e. The summed E-state index contributed by atoms with van der Waals surface area (Å²) in [5, 5.41) is 0.684. The molecule has 0 saturated heterocycles. The second-order valence-corrected chi connectivity index (χ2v) is 6.05. The van der Waals surface area contributed by atoms with Gasteiger partial charge in [-0.25, -0.2) is 4.99 Å². The van der Waals surface area contributed by atoms with Crippen LogP contribution in [0.5, 0.6) is 0 Å². The van der Waals surface area contributed by atoms with Crippen LogP contribution in [0.3, 0.4) is 0 Å².